The van der Waals surface area contributed by atoms with Gasteiger partial charge in [-0.15, -0.1) is 0 Å². The van der Waals surface area contributed by atoms with Gasteiger partial charge >= 0.3 is 5.97 Å². The Labute approximate surface area is 144 Å². The fourth-order valence-corrected chi connectivity index (χ4v) is 3.77. The maximum Gasteiger partial charge on any atom is 0.335 e. The third-order valence-electron chi connectivity index (χ3n) is 3.91. The van der Waals surface area contributed by atoms with E-state index >= 15 is 0 Å². The first-order chi connectivity index (χ1) is 11.8. The lowest BCUT2D eigenvalue weighted by Crippen LogP contribution is -2.27. The van der Waals surface area contributed by atoms with Crippen LogP contribution in [0.4, 0.5) is 10.1 Å². The maximum atomic E-state index is 14.1. The van der Waals surface area contributed by atoms with Gasteiger partial charge in [-0.3, -0.25) is 4.31 Å². The van der Waals surface area contributed by atoms with Crippen LogP contribution in [0.1, 0.15) is 10.4 Å². The Balaban J connectivity index is 2.09. The summed E-state index contributed by atoms with van der Waals surface area (Å²) in [6.07, 6.45) is 0. The van der Waals surface area contributed by atoms with Gasteiger partial charge in [0.15, 0.2) is 0 Å². The van der Waals surface area contributed by atoms with Crippen LogP contribution >= 0.6 is 0 Å². The van der Waals surface area contributed by atoms with Gasteiger partial charge in [-0.2, -0.15) is 0 Å². The molecule has 0 atom stereocenters. The summed E-state index contributed by atoms with van der Waals surface area (Å²) in [5.41, 5.74) is 0.0470. The third-order valence-corrected chi connectivity index (χ3v) is 5.71. The largest absolute Gasteiger partial charge is 0.478 e. The highest BCUT2D eigenvalue weighted by molar-refractivity contribution is 7.92. The van der Waals surface area contributed by atoms with Crippen LogP contribution in [0.15, 0.2) is 65.6 Å². The number of hydrogen-bond donors (Lipinski definition) is 1. The van der Waals surface area contributed by atoms with E-state index in [-0.39, 0.29) is 5.56 Å². The molecule has 0 aliphatic carbocycles. The number of sulfonamides is 1. The normalized spacial score (nSPS) is 11.4. The van der Waals surface area contributed by atoms with Crippen molar-refractivity contribution >= 4 is 32.5 Å². The standard InChI is InChI=1S/C18H14FNO4S/c1-20(15-8-6-12-4-2-3-5-13(12)10-15)25(23,24)17-11-14(18(21)22)7-9-16(17)19/h2-11H,1H3,(H,21,22). The molecule has 0 aromatic heterocycles. The Kier molecular flexibility index (Phi) is 4.18. The predicted octanol–water partition coefficient (Wildman–Crippen LogP) is 3.50. The highest BCUT2D eigenvalue weighted by atomic mass is 32.2. The van der Waals surface area contributed by atoms with E-state index in [1.807, 2.05) is 24.3 Å². The lowest BCUT2D eigenvalue weighted by Gasteiger charge is -2.20. The molecule has 0 fully saturated rings. The molecule has 3 rings (SSSR count). The molecule has 0 saturated heterocycles. The number of rotatable bonds is 4. The van der Waals surface area contributed by atoms with E-state index in [4.69, 9.17) is 5.11 Å². The van der Waals surface area contributed by atoms with Crippen molar-refractivity contribution in [1.82, 2.24) is 0 Å². The second-order valence-electron chi connectivity index (χ2n) is 5.45. The van der Waals surface area contributed by atoms with Crippen LogP contribution in [-0.4, -0.2) is 26.5 Å². The second kappa shape index (κ2) is 6.18. The van der Waals surface area contributed by atoms with Crippen molar-refractivity contribution in [3.63, 3.8) is 0 Å². The Morgan fingerprint density at radius 3 is 2.36 bits per heavy atom. The molecule has 0 heterocycles. The van der Waals surface area contributed by atoms with Gasteiger partial charge in [0, 0.05) is 7.05 Å². The summed E-state index contributed by atoms with van der Waals surface area (Å²) in [6, 6.07) is 15.2. The molecule has 1 N–H and O–H groups in total. The van der Waals surface area contributed by atoms with Gasteiger partial charge in [0.05, 0.1) is 11.3 Å². The molecule has 0 radical (unpaired) electrons. The number of halogens is 1. The number of benzene rings is 3. The van der Waals surface area contributed by atoms with Crippen LogP contribution in [-0.2, 0) is 10.0 Å². The fourth-order valence-electron chi connectivity index (χ4n) is 2.49. The van der Waals surface area contributed by atoms with E-state index in [1.54, 1.807) is 18.2 Å². The fraction of sp³-hybridized carbons (Fsp3) is 0.0556. The number of hydrogen-bond acceptors (Lipinski definition) is 3. The molecule has 128 valence electrons. The van der Waals surface area contributed by atoms with Crippen molar-refractivity contribution in [1.29, 1.82) is 0 Å². The van der Waals surface area contributed by atoms with Crippen molar-refractivity contribution in [2.45, 2.75) is 4.90 Å². The van der Waals surface area contributed by atoms with E-state index in [2.05, 4.69) is 0 Å². The van der Waals surface area contributed by atoms with E-state index in [9.17, 15) is 17.6 Å². The van der Waals surface area contributed by atoms with Crippen molar-refractivity contribution in [2.24, 2.45) is 0 Å². The van der Waals surface area contributed by atoms with E-state index in [1.165, 1.54) is 7.05 Å². The molecular weight excluding hydrogens is 345 g/mol. The van der Waals surface area contributed by atoms with Crippen LogP contribution in [0, 0.1) is 5.82 Å². The summed E-state index contributed by atoms with van der Waals surface area (Å²) >= 11 is 0. The average Bonchev–Trinajstić information content (AvgIpc) is 2.60. The van der Waals surface area contributed by atoms with Gasteiger partial charge in [-0.1, -0.05) is 30.3 Å². The smallest absolute Gasteiger partial charge is 0.335 e. The van der Waals surface area contributed by atoms with Crippen LogP contribution in [0.5, 0.6) is 0 Å². The average molecular weight is 359 g/mol. The lowest BCUT2D eigenvalue weighted by molar-refractivity contribution is 0.0696. The molecule has 0 saturated carbocycles. The Morgan fingerprint density at radius 1 is 1.00 bits per heavy atom. The first-order valence-electron chi connectivity index (χ1n) is 7.31. The van der Waals surface area contributed by atoms with Gasteiger partial charge < -0.3 is 5.11 Å². The molecule has 0 spiro atoms. The maximum absolute atomic E-state index is 14.1. The summed E-state index contributed by atoms with van der Waals surface area (Å²) in [5, 5.41) is 10.8. The van der Waals surface area contributed by atoms with Gasteiger partial charge in [0.25, 0.3) is 10.0 Å². The number of aromatic carboxylic acids is 1. The molecule has 3 aromatic carbocycles. The molecule has 7 heteroatoms. The Morgan fingerprint density at radius 2 is 1.68 bits per heavy atom. The first-order valence-corrected chi connectivity index (χ1v) is 8.75. The summed E-state index contributed by atoms with van der Waals surface area (Å²) in [6.45, 7) is 0. The second-order valence-corrected chi connectivity index (χ2v) is 7.39. The highest BCUT2D eigenvalue weighted by Crippen LogP contribution is 2.27. The minimum atomic E-state index is -4.25. The van der Waals surface area contributed by atoms with Crippen LogP contribution < -0.4 is 4.31 Å². The predicted molar refractivity (Wildman–Crippen MR) is 92.9 cm³/mol. The number of anilines is 1. The molecule has 0 bridgehead atoms. The third kappa shape index (κ3) is 3.06. The van der Waals surface area contributed by atoms with Gasteiger partial charge in [0.1, 0.15) is 10.7 Å². The minimum absolute atomic E-state index is 0.299. The minimum Gasteiger partial charge on any atom is -0.478 e. The number of carbonyl (C=O) groups is 1. The lowest BCUT2D eigenvalue weighted by atomic mass is 10.1. The summed E-state index contributed by atoms with van der Waals surface area (Å²) in [4.78, 5) is 10.4. The summed E-state index contributed by atoms with van der Waals surface area (Å²) in [7, 11) is -2.95. The molecule has 25 heavy (non-hydrogen) atoms. The van der Waals surface area contributed by atoms with Gasteiger partial charge in [-0.05, 0) is 41.1 Å². The quantitative estimate of drug-likeness (QED) is 0.774. The summed E-state index contributed by atoms with van der Waals surface area (Å²) in [5.74, 6) is -2.33. The van der Waals surface area contributed by atoms with Crippen LogP contribution in [0.2, 0.25) is 0 Å². The number of carboxylic acid groups (broad SMARTS) is 1. The highest BCUT2D eigenvalue weighted by Gasteiger charge is 2.26. The number of nitrogens with zero attached hydrogens (tertiary/aromatic N) is 1. The first kappa shape index (κ1) is 16.9. The van der Waals surface area contributed by atoms with Crippen molar-refractivity contribution in [3.05, 3.63) is 72.0 Å². The molecule has 5 nitrogen and oxygen atoms in total. The van der Waals surface area contributed by atoms with Crippen molar-refractivity contribution in [3.8, 4) is 0 Å². The zero-order valence-electron chi connectivity index (χ0n) is 13.2. The van der Waals surface area contributed by atoms with E-state index in [0.29, 0.717) is 5.69 Å². The number of fused-ring (bicyclic) bond motifs is 1. The van der Waals surface area contributed by atoms with Gasteiger partial charge in [0.2, 0.25) is 0 Å². The zero-order valence-corrected chi connectivity index (χ0v) is 14.0. The SMILES string of the molecule is CN(c1ccc2ccccc2c1)S(=O)(=O)c1cc(C(=O)O)ccc1F. The Hall–Kier alpha value is -2.93. The zero-order chi connectivity index (χ0) is 18.2. The topological polar surface area (TPSA) is 74.7 Å². The molecule has 0 amide bonds. The molecule has 0 aliphatic rings. The Bertz CT molecular complexity index is 1080. The molecule has 3 aromatic rings. The summed E-state index contributed by atoms with van der Waals surface area (Å²) < 4.78 is 40.5. The molecule has 0 unspecified atom stereocenters. The molecular formula is C18H14FNO4S. The van der Waals surface area contributed by atoms with Crippen LogP contribution in [0.3, 0.4) is 0 Å². The van der Waals surface area contributed by atoms with E-state index in [0.717, 1.165) is 33.3 Å². The van der Waals surface area contributed by atoms with Gasteiger partial charge in [-0.25, -0.2) is 17.6 Å². The van der Waals surface area contributed by atoms with Crippen LogP contribution in [0.25, 0.3) is 10.8 Å². The number of carboxylic acids is 1. The van der Waals surface area contributed by atoms with Crippen molar-refractivity contribution in [2.75, 3.05) is 11.4 Å². The van der Waals surface area contributed by atoms with Crippen molar-refractivity contribution < 1.29 is 22.7 Å². The molecule has 0 aliphatic heterocycles. The van der Waals surface area contributed by atoms with E-state index < -0.39 is 26.7 Å². The monoisotopic (exact) mass is 359 g/mol.